The van der Waals surface area contributed by atoms with Gasteiger partial charge >= 0.3 is 0 Å². The molecule has 1 aliphatic heterocycles. The highest BCUT2D eigenvalue weighted by Crippen LogP contribution is 2.17. The molecule has 0 aliphatic carbocycles. The number of aromatic nitrogens is 1. The third-order valence-electron chi connectivity index (χ3n) is 3.57. The summed E-state index contributed by atoms with van der Waals surface area (Å²) in [5.41, 5.74) is 1.48. The van der Waals surface area contributed by atoms with E-state index >= 15 is 0 Å². The number of likely N-dealkylation sites (N-methyl/N-ethyl adjacent to an activating group) is 1. The smallest absolute Gasteiger partial charge is 0.256 e. The summed E-state index contributed by atoms with van der Waals surface area (Å²) < 4.78 is 0. The summed E-state index contributed by atoms with van der Waals surface area (Å²) in [6.07, 6.45) is 3.35. The topological polar surface area (TPSA) is 48.5 Å². The Morgan fingerprint density at radius 3 is 2.94 bits per heavy atom. The SMILES string of the molecule is CNc1cnccc1C(=O)N1CCN(C)C(C)C1. The van der Waals surface area contributed by atoms with Crippen LogP contribution in [0, 0.1) is 0 Å². The first-order chi connectivity index (χ1) is 8.63. The Hall–Kier alpha value is -1.62. The predicted molar refractivity (Wildman–Crippen MR) is 71.8 cm³/mol. The van der Waals surface area contributed by atoms with Crippen LogP contribution < -0.4 is 5.32 Å². The number of piperazine rings is 1. The zero-order chi connectivity index (χ0) is 13.1. The van der Waals surface area contributed by atoms with E-state index in [1.54, 1.807) is 25.5 Å². The van der Waals surface area contributed by atoms with E-state index in [1.165, 1.54) is 0 Å². The van der Waals surface area contributed by atoms with Gasteiger partial charge in [-0.3, -0.25) is 9.78 Å². The first-order valence-corrected chi connectivity index (χ1v) is 6.24. The van der Waals surface area contributed by atoms with Crippen molar-refractivity contribution < 1.29 is 4.79 Å². The number of pyridine rings is 1. The van der Waals surface area contributed by atoms with Crippen LogP contribution >= 0.6 is 0 Å². The lowest BCUT2D eigenvalue weighted by molar-refractivity contribution is 0.0573. The molecule has 1 amide bonds. The van der Waals surface area contributed by atoms with Gasteiger partial charge < -0.3 is 15.1 Å². The molecule has 5 nitrogen and oxygen atoms in total. The number of carbonyl (C=O) groups is 1. The van der Waals surface area contributed by atoms with Gasteiger partial charge in [-0.15, -0.1) is 0 Å². The fourth-order valence-electron chi connectivity index (χ4n) is 2.18. The molecule has 0 aromatic carbocycles. The molecule has 5 heteroatoms. The van der Waals surface area contributed by atoms with E-state index in [4.69, 9.17) is 0 Å². The molecule has 1 atom stereocenters. The van der Waals surface area contributed by atoms with Gasteiger partial charge in [0.05, 0.1) is 17.4 Å². The third kappa shape index (κ3) is 2.46. The predicted octanol–water partition coefficient (Wildman–Crippen LogP) is 0.899. The Balaban J connectivity index is 2.16. The Bertz CT molecular complexity index is 435. The van der Waals surface area contributed by atoms with Crippen molar-refractivity contribution in [2.75, 3.05) is 39.0 Å². The number of nitrogens with one attached hydrogen (secondary N) is 1. The largest absolute Gasteiger partial charge is 0.386 e. The van der Waals surface area contributed by atoms with E-state index in [2.05, 4.69) is 29.2 Å². The van der Waals surface area contributed by atoms with E-state index in [0.717, 1.165) is 25.3 Å². The molecule has 1 aromatic rings. The van der Waals surface area contributed by atoms with Crippen LogP contribution in [0.2, 0.25) is 0 Å². The van der Waals surface area contributed by atoms with Gasteiger partial charge in [-0.2, -0.15) is 0 Å². The van der Waals surface area contributed by atoms with Crippen molar-refractivity contribution in [1.29, 1.82) is 0 Å². The molecule has 1 N–H and O–H groups in total. The summed E-state index contributed by atoms with van der Waals surface area (Å²) in [6, 6.07) is 2.18. The van der Waals surface area contributed by atoms with E-state index in [1.807, 2.05) is 4.90 Å². The van der Waals surface area contributed by atoms with Gasteiger partial charge in [0.1, 0.15) is 0 Å². The van der Waals surface area contributed by atoms with Crippen LogP contribution in [0.15, 0.2) is 18.5 Å². The average Bonchev–Trinajstić information content (AvgIpc) is 2.41. The number of anilines is 1. The summed E-state index contributed by atoms with van der Waals surface area (Å²) in [5, 5.41) is 3.02. The van der Waals surface area contributed by atoms with Gasteiger partial charge in [0.2, 0.25) is 0 Å². The highest BCUT2D eigenvalue weighted by molar-refractivity contribution is 5.99. The van der Waals surface area contributed by atoms with Gasteiger partial charge in [0.15, 0.2) is 0 Å². The zero-order valence-electron chi connectivity index (χ0n) is 11.2. The van der Waals surface area contributed by atoms with Gasteiger partial charge in [0.25, 0.3) is 5.91 Å². The normalized spacial score (nSPS) is 20.8. The second-order valence-corrected chi connectivity index (χ2v) is 4.75. The van der Waals surface area contributed by atoms with Crippen LogP contribution in [0.3, 0.4) is 0 Å². The highest BCUT2D eigenvalue weighted by Gasteiger charge is 2.26. The van der Waals surface area contributed by atoms with Crippen LogP contribution in [-0.4, -0.2) is 60.5 Å². The fourth-order valence-corrected chi connectivity index (χ4v) is 2.18. The summed E-state index contributed by atoms with van der Waals surface area (Å²) in [6.45, 7) is 4.63. The molecule has 2 rings (SSSR count). The zero-order valence-corrected chi connectivity index (χ0v) is 11.2. The van der Waals surface area contributed by atoms with Crippen molar-refractivity contribution in [3.05, 3.63) is 24.0 Å². The highest BCUT2D eigenvalue weighted by atomic mass is 16.2. The van der Waals surface area contributed by atoms with Crippen LogP contribution in [0.25, 0.3) is 0 Å². The third-order valence-corrected chi connectivity index (χ3v) is 3.57. The number of nitrogens with zero attached hydrogens (tertiary/aromatic N) is 3. The minimum Gasteiger partial charge on any atom is -0.386 e. The van der Waals surface area contributed by atoms with Crippen molar-refractivity contribution >= 4 is 11.6 Å². The van der Waals surface area contributed by atoms with Crippen LogP contribution in [0.5, 0.6) is 0 Å². The van der Waals surface area contributed by atoms with E-state index in [0.29, 0.717) is 11.6 Å². The number of rotatable bonds is 2. The van der Waals surface area contributed by atoms with Gasteiger partial charge in [-0.05, 0) is 20.0 Å². The van der Waals surface area contributed by atoms with Crippen molar-refractivity contribution in [1.82, 2.24) is 14.8 Å². The lowest BCUT2D eigenvalue weighted by atomic mass is 10.1. The minimum absolute atomic E-state index is 0.0849. The molecule has 0 bridgehead atoms. The minimum atomic E-state index is 0.0849. The summed E-state index contributed by atoms with van der Waals surface area (Å²) in [7, 11) is 3.90. The summed E-state index contributed by atoms with van der Waals surface area (Å²) in [5.74, 6) is 0.0849. The second-order valence-electron chi connectivity index (χ2n) is 4.75. The van der Waals surface area contributed by atoms with Crippen LogP contribution in [-0.2, 0) is 0 Å². The van der Waals surface area contributed by atoms with Crippen molar-refractivity contribution in [2.24, 2.45) is 0 Å². The molecule has 1 aromatic heterocycles. The number of hydrogen-bond donors (Lipinski definition) is 1. The van der Waals surface area contributed by atoms with Gasteiger partial charge in [-0.1, -0.05) is 0 Å². The number of amides is 1. The molecule has 1 fully saturated rings. The first-order valence-electron chi connectivity index (χ1n) is 6.24. The van der Waals surface area contributed by atoms with Crippen LogP contribution in [0.4, 0.5) is 5.69 Å². The monoisotopic (exact) mass is 248 g/mol. The molecule has 1 saturated heterocycles. The first kappa shape index (κ1) is 12.8. The maximum Gasteiger partial charge on any atom is 0.256 e. The summed E-state index contributed by atoms with van der Waals surface area (Å²) >= 11 is 0. The molecular formula is C13H20N4O. The van der Waals surface area contributed by atoms with Crippen molar-refractivity contribution in [3.63, 3.8) is 0 Å². The lowest BCUT2D eigenvalue weighted by Gasteiger charge is -2.37. The maximum atomic E-state index is 12.5. The second kappa shape index (κ2) is 5.35. The lowest BCUT2D eigenvalue weighted by Crippen LogP contribution is -2.52. The quantitative estimate of drug-likeness (QED) is 0.845. The van der Waals surface area contributed by atoms with Crippen LogP contribution in [0.1, 0.15) is 17.3 Å². The molecular weight excluding hydrogens is 228 g/mol. The molecule has 0 saturated carbocycles. The Morgan fingerprint density at radius 2 is 2.28 bits per heavy atom. The number of carbonyl (C=O) groups excluding carboxylic acids is 1. The van der Waals surface area contributed by atoms with E-state index in [-0.39, 0.29) is 5.91 Å². The fraction of sp³-hybridized carbons (Fsp3) is 0.538. The Labute approximate surface area is 108 Å². The Morgan fingerprint density at radius 1 is 1.50 bits per heavy atom. The molecule has 1 unspecified atom stereocenters. The number of hydrogen-bond acceptors (Lipinski definition) is 4. The molecule has 18 heavy (non-hydrogen) atoms. The molecule has 1 aliphatic rings. The average molecular weight is 248 g/mol. The maximum absolute atomic E-state index is 12.5. The van der Waals surface area contributed by atoms with E-state index < -0.39 is 0 Å². The molecule has 0 radical (unpaired) electrons. The Kier molecular flexibility index (Phi) is 3.81. The molecule has 2 heterocycles. The molecule has 0 spiro atoms. The van der Waals surface area contributed by atoms with Gasteiger partial charge in [-0.25, -0.2) is 0 Å². The standard InChI is InChI=1S/C13H20N4O/c1-10-9-17(7-6-16(10)3)13(18)11-4-5-15-8-12(11)14-2/h4-5,8,10,14H,6-7,9H2,1-3H3. The van der Waals surface area contributed by atoms with Crippen molar-refractivity contribution in [2.45, 2.75) is 13.0 Å². The van der Waals surface area contributed by atoms with E-state index in [9.17, 15) is 4.79 Å². The van der Waals surface area contributed by atoms with Crippen molar-refractivity contribution in [3.8, 4) is 0 Å². The molecule has 98 valence electrons. The van der Waals surface area contributed by atoms with Gasteiger partial charge in [0, 0.05) is 38.9 Å². The summed E-state index contributed by atoms with van der Waals surface area (Å²) in [4.78, 5) is 20.7.